The molecule has 2 aromatic rings. The standard InChI is InChI=1S/C17H20N4O3/c1-23-14-9-8-13(10-15(14)24-2)21-17(18)19-11-16(22)20-12-6-4-3-5-7-12/h3-10H,11H2,1-2H3,(H,20,22)(H3,18,19,21). The second-order valence-electron chi connectivity index (χ2n) is 4.81. The molecule has 0 aromatic heterocycles. The predicted molar refractivity (Wildman–Crippen MR) is 94.7 cm³/mol. The summed E-state index contributed by atoms with van der Waals surface area (Å²) in [5, 5.41) is 5.63. The van der Waals surface area contributed by atoms with Gasteiger partial charge in [0.05, 0.1) is 14.2 Å². The van der Waals surface area contributed by atoms with Gasteiger partial charge in [0.25, 0.3) is 0 Å². The summed E-state index contributed by atoms with van der Waals surface area (Å²) in [7, 11) is 3.11. The molecule has 0 heterocycles. The Labute approximate surface area is 140 Å². The molecule has 2 rings (SSSR count). The van der Waals surface area contributed by atoms with Crippen LogP contribution in [-0.4, -0.2) is 32.6 Å². The van der Waals surface area contributed by atoms with Gasteiger partial charge in [-0.1, -0.05) is 18.2 Å². The number of amides is 1. The molecule has 7 nitrogen and oxygen atoms in total. The number of para-hydroxylation sites is 1. The topological polar surface area (TPSA) is 98.0 Å². The molecule has 0 radical (unpaired) electrons. The van der Waals surface area contributed by atoms with Gasteiger partial charge in [-0.15, -0.1) is 0 Å². The first-order valence-electron chi connectivity index (χ1n) is 7.26. The molecule has 0 spiro atoms. The molecule has 7 heteroatoms. The molecule has 0 unspecified atom stereocenters. The maximum absolute atomic E-state index is 11.8. The molecular weight excluding hydrogens is 308 g/mol. The molecule has 0 bridgehead atoms. The van der Waals surface area contributed by atoms with Crippen molar-refractivity contribution in [1.82, 2.24) is 0 Å². The molecular formula is C17H20N4O3. The van der Waals surface area contributed by atoms with E-state index in [1.165, 1.54) is 0 Å². The van der Waals surface area contributed by atoms with Gasteiger partial charge >= 0.3 is 0 Å². The number of carbonyl (C=O) groups excluding carboxylic acids is 1. The summed E-state index contributed by atoms with van der Waals surface area (Å²) >= 11 is 0. The van der Waals surface area contributed by atoms with Gasteiger partial charge in [-0.25, -0.2) is 4.99 Å². The van der Waals surface area contributed by atoms with Crippen molar-refractivity contribution in [1.29, 1.82) is 0 Å². The summed E-state index contributed by atoms with van der Waals surface area (Å²) < 4.78 is 10.4. The van der Waals surface area contributed by atoms with E-state index in [4.69, 9.17) is 15.2 Å². The molecule has 4 N–H and O–H groups in total. The fraction of sp³-hybridized carbons (Fsp3) is 0.176. The second kappa shape index (κ2) is 8.42. The van der Waals surface area contributed by atoms with E-state index in [9.17, 15) is 4.79 Å². The van der Waals surface area contributed by atoms with Crippen LogP contribution in [0.15, 0.2) is 53.5 Å². The first kappa shape index (κ1) is 17.1. The Morgan fingerprint density at radius 2 is 1.71 bits per heavy atom. The number of hydrogen-bond donors (Lipinski definition) is 3. The Balaban J connectivity index is 1.93. The van der Waals surface area contributed by atoms with Gasteiger partial charge in [-0.05, 0) is 24.3 Å². The van der Waals surface area contributed by atoms with Crippen molar-refractivity contribution in [2.45, 2.75) is 0 Å². The average Bonchev–Trinajstić information content (AvgIpc) is 2.60. The van der Waals surface area contributed by atoms with Gasteiger partial charge in [-0.2, -0.15) is 0 Å². The van der Waals surface area contributed by atoms with E-state index in [-0.39, 0.29) is 18.4 Å². The third-order valence-corrected chi connectivity index (χ3v) is 3.11. The minimum atomic E-state index is -0.252. The van der Waals surface area contributed by atoms with Crippen LogP contribution in [-0.2, 0) is 4.79 Å². The average molecular weight is 328 g/mol. The van der Waals surface area contributed by atoms with Crippen LogP contribution in [0.5, 0.6) is 11.5 Å². The third kappa shape index (κ3) is 4.91. The van der Waals surface area contributed by atoms with Crippen molar-refractivity contribution >= 4 is 23.2 Å². The number of benzene rings is 2. The van der Waals surface area contributed by atoms with Crippen LogP contribution in [0.3, 0.4) is 0 Å². The molecule has 2 aromatic carbocycles. The maximum atomic E-state index is 11.8. The van der Waals surface area contributed by atoms with Gasteiger partial charge in [0.15, 0.2) is 17.5 Å². The number of carbonyl (C=O) groups is 1. The van der Waals surface area contributed by atoms with E-state index in [0.29, 0.717) is 22.9 Å². The molecule has 0 aliphatic heterocycles. The Hall–Kier alpha value is -3.22. The fourth-order valence-electron chi connectivity index (χ4n) is 1.98. The minimum Gasteiger partial charge on any atom is -0.493 e. The van der Waals surface area contributed by atoms with Gasteiger partial charge in [0.1, 0.15) is 6.54 Å². The normalized spacial score (nSPS) is 10.8. The number of methoxy groups -OCH3 is 2. The van der Waals surface area contributed by atoms with Crippen LogP contribution in [0.2, 0.25) is 0 Å². The highest BCUT2D eigenvalue weighted by Crippen LogP contribution is 2.29. The zero-order chi connectivity index (χ0) is 17.4. The zero-order valence-electron chi connectivity index (χ0n) is 13.6. The Bertz CT molecular complexity index is 717. The molecule has 0 atom stereocenters. The number of aliphatic imine (C=N–C) groups is 1. The van der Waals surface area contributed by atoms with Crippen LogP contribution >= 0.6 is 0 Å². The molecule has 0 fully saturated rings. The van der Waals surface area contributed by atoms with Gasteiger partial charge < -0.3 is 25.8 Å². The Morgan fingerprint density at radius 1 is 1.00 bits per heavy atom. The highest BCUT2D eigenvalue weighted by atomic mass is 16.5. The van der Waals surface area contributed by atoms with Crippen molar-refractivity contribution in [3.05, 3.63) is 48.5 Å². The third-order valence-electron chi connectivity index (χ3n) is 3.11. The van der Waals surface area contributed by atoms with Gasteiger partial charge in [0.2, 0.25) is 5.91 Å². The van der Waals surface area contributed by atoms with Crippen LogP contribution in [0, 0.1) is 0 Å². The number of nitrogens with two attached hydrogens (primary N) is 1. The maximum Gasteiger partial charge on any atom is 0.246 e. The summed E-state index contributed by atoms with van der Waals surface area (Å²) in [6, 6.07) is 14.4. The zero-order valence-corrected chi connectivity index (χ0v) is 13.6. The first-order valence-corrected chi connectivity index (χ1v) is 7.26. The predicted octanol–water partition coefficient (Wildman–Crippen LogP) is 2.07. The van der Waals surface area contributed by atoms with Crippen LogP contribution < -0.4 is 25.8 Å². The lowest BCUT2D eigenvalue weighted by atomic mass is 10.3. The van der Waals surface area contributed by atoms with E-state index >= 15 is 0 Å². The molecule has 0 aliphatic carbocycles. The minimum absolute atomic E-state index is 0.0823. The lowest BCUT2D eigenvalue weighted by Gasteiger charge is -2.11. The Morgan fingerprint density at radius 3 is 2.38 bits per heavy atom. The first-order chi connectivity index (χ1) is 11.6. The quantitative estimate of drug-likeness (QED) is 0.557. The van der Waals surface area contributed by atoms with Crippen LogP contribution in [0.4, 0.5) is 11.4 Å². The summed E-state index contributed by atoms with van der Waals surface area (Å²) in [4.78, 5) is 15.8. The number of nitrogens with one attached hydrogen (secondary N) is 2. The van der Waals surface area contributed by atoms with E-state index < -0.39 is 0 Å². The van der Waals surface area contributed by atoms with E-state index in [2.05, 4.69) is 15.6 Å². The summed E-state index contributed by atoms with van der Waals surface area (Å²) in [5.74, 6) is 1.06. The van der Waals surface area contributed by atoms with E-state index in [1.807, 2.05) is 18.2 Å². The lowest BCUT2D eigenvalue weighted by Crippen LogP contribution is -2.25. The van der Waals surface area contributed by atoms with Gasteiger partial charge in [0, 0.05) is 17.4 Å². The number of nitrogens with zero attached hydrogens (tertiary/aromatic N) is 1. The molecule has 1 amide bonds. The van der Waals surface area contributed by atoms with Crippen LogP contribution in [0.1, 0.15) is 0 Å². The van der Waals surface area contributed by atoms with Crippen molar-refractivity contribution < 1.29 is 14.3 Å². The fourth-order valence-corrected chi connectivity index (χ4v) is 1.98. The number of guanidine groups is 1. The van der Waals surface area contributed by atoms with Crippen molar-refractivity contribution in [2.75, 3.05) is 31.4 Å². The monoisotopic (exact) mass is 328 g/mol. The highest BCUT2D eigenvalue weighted by molar-refractivity contribution is 5.97. The number of anilines is 2. The number of hydrogen-bond acceptors (Lipinski definition) is 4. The Kier molecular flexibility index (Phi) is 6.01. The highest BCUT2D eigenvalue weighted by Gasteiger charge is 2.06. The number of ether oxygens (including phenoxy) is 2. The van der Waals surface area contributed by atoms with Crippen molar-refractivity contribution in [2.24, 2.45) is 10.7 Å². The molecule has 0 saturated heterocycles. The largest absolute Gasteiger partial charge is 0.493 e. The molecule has 126 valence electrons. The van der Waals surface area contributed by atoms with E-state index in [1.54, 1.807) is 44.6 Å². The summed E-state index contributed by atoms with van der Waals surface area (Å²) in [6.45, 7) is -0.0823. The molecule has 0 aliphatic rings. The van der Waals surface area contributed by atoms with Crippen molar-refractivity contribution in [3.63, 3.8) is 0 Å². The van der Waals surface area contributed by atoms with Crippen molar-refractivity contribution in [3.8, 4) is 11.5 Å². The smallest absolute Gasteiger partial charge is 0.246 e. The SMILES string of the molecule is COc1ccc(NC(N)=NCC(=O)Nc2ccccc2)cc1OC. The summed E-state index contributed by atoms with van der Waals surface area (Å²) in [6.07, 6.45) is 0. The number of rotatable bonds is 6. The van der Waals surface area contributed by atoms with E-state index in [0.717, 1.165) is 0 Å². The lowest BCUT2D eigenvalue weighted by molar-refractivity contribution is -0.114. The second-order valence-corrected chi connectivity index (χ2v) is 4.81. The van der Waals surface area contributed by atoms with Crippen LogP contribution in [0.25, 0.3) is 0 Å². The molecule has 24 heavy (non-hydrogen) atoms. The molecule has 0 saturated carbocycles. The summed E-state index contributed by atoms with van der Waals surface area (Å²) in [5.41, 5.74) is 7.19. The van der Waals surface area contributed by atoms with Gasteiger partial charge in [-0.3, -0.25) is 4.79 Å².